The van der Waals surface area contributed by atoms with Crippen LogP contribution >= 0.6 is 23.1 Å². The van der Waals surface area contributed by atoms with Crippen molar-refractivity contribution in [2.75, 3.05) is 23.9 Å². The summed E-state index contributed by atoms with van der Waals surface area (Å²) in [6.45, 7) is 5.89. The van der Waals surface area contributed by atoms with Crippen molar-refractivity contribution < 1.29 is 14.3 Å². The maximum absolute atomic E-state index is 11.9. The summed E-state index contributed by atoms with van der Waals surface area (Å²) in [7, 11) is 0. The van der Waals surface area contributed by atoms with Gasteiger partial charge in [0.1, 0.15) is 5.00 Å². The number of nitrogens with one attached hydrogen (secondary N) is 1. The molecule has 0 radical (unpaired) electrons. The number of ether oxygens (including phenoxy) is 1. The minimum absolute atomic E-state index is 0.0684. The standard InChI is InChI=1S/C13H19NO3S2/c1-5-17-13(16)11-8(2)9(3)19-12(11)14-10(15)6-7-18-4/h5-7H2,1-4H3,(H,14,15). The number of thioether (sulfide) groups is 1. The molecule has 106 valence electrons. The Morgan fingerprint density at radius 1 is 1.37 bits per heavy atom. The maximum Gasteiger partial charge on any atom is 0.341 e. The molecule has 1 heterocycles. The van der Waals surface area contributed by atoms with Gasteiger partial charge >= 0.3 is 5.97 Å². The summed E-state index contributed by atoms with van der Waals surface area (Å²) in [5.74, 6) is 0.329. The van der Waals surface area contributed by atoms with Crippen LogP contribution in [-0.2, 0) is 9.53 Å². The van der Waals surface area contributed by atoms with Gasteiger partial charge in [-0.15, -0.1) is 11.3 Å². The van der Waals surface area contributed by atoms with Crippen molar-refractivity contribution in [1.29, 1.82) is 0 Å². The molecule has 1 aromatic heterocycles. The molecule has 4 nitrogen and oxygen atoms in total. The van der Waals surface area contributed by atoms with E-state index in [4.69, 9.17) is 4.74 Å². The third-order valence-electron chi connectivity index (χ3n) is 2.65. The average Bonchev–Trinajstić information content (AvgIpc) is 2.62. The highest BCUT2D eigenvalue weighted by Gasteiger charge is 2.21. The zero-order chi connectivity index (χ0) is 14.4. The van der Waals surface area contributed by atoms with Gasteiger partial charge in [-0.05, 0) is 32.6 Å². The summed E-state index contributed by atoms with van der Waals surface area (Å²) >= 11 is 3.04. The normalized spacial score (nSPS) is 10.3. The lowest BCUT2D eigenvalue weighted by atomic mass is 10.1. The quantitative estimate of drug-likeness (QED) is 0.820. The topological polar surface area (TPSA) is 55.4 Å². The highest BCUT2D eigenvalue weighted by Crippen LogP contribution is 2.33. The number of amides is 1. The zero-order valence-corrected chi connectivity index (χ0v) is 13.3. The van der Waals surface area contributed by atoms with Gasteiger partial charge in [0.25, 0.3) is 0 Å². The molecule has 0 aromatic carbocycles. The molecule has 0 saturated heterocycles. The Bertz CT molecular complexity index is 469. The molecule has 0 atom stereocenters. The van der Waals surface area contributed by atoms with Gasteiger partial charge in [0.2, 0.25) is 5.91 Å². The van der Waals surface area contributed by atoms with E-state index in [1.54, 1.807) is 18.7 Å². The average molecular weight is 301 g/mol. The fraction of sp³-hybridized carbons (Fsp3) is 0.538. The van der Waals surface area contributed by atoms with Crippen LogP contribution in [0.1, 0.15) is 34.1 Å². The third-order valence-corrected chi connectivity index (χ3v) is 4.39. The summed E-state index contributed by atoms with van der Waals surface area (Å²) in [4.78, 5) is 24.7. The Balaban J connectivity index is 2.91. The Labute approximate surface area is 121 Å². The van der Waals surface area contributed by atoms with Crippen LogP contribution in [0.4, 0.5) is 5.00 Å². The van der Waals surface area contributed by atoms with Crippen LogP contribution < -0.4 is 5.32 Å². The molecule has 0 aliphatic heterocycles. The second-order valence-corrected chi connectivity index (χ2v) is 6.21. The predicted molar refractivity (Wildman–Crippen MR) is 81.4 cm³/mol. The SMILES string of the molecule is CCOC(=O)c1c(NC(=O)CCSC)sc(C)c1C. The lowest BCUT2D eigenvalue weighted by molar-refractivity contribution is -0.115. The van der Waals surface area contributed by atoms with E-state index in [-0.39, 0.29) is 11.9 Å². The van der Waals surface area contributed by atoms with E-state index in [1.807, 2.05) is 20.1 Å². The molecule has 19 heavy (non-hydrogen) atoms. The smallest absolute Gasteiger partial charge is 0.341 e. The summed E-state index contributed by atoms with van der Waals surface area (Å²) in [5, 5.41) is 3.41. The maximum atomic E-state index is 11.9. The molecule has 0 aliphatic rings. The van der Waals surface area contributed by atoms with Crippen molar-refractivity contribution in [1.82, 2.24) is 0 Å². The second-order valence-electron chi connectivity index (χ2n) is 4.00. The number of aryl methyl sites for hydroxylation is 1. The molecule has 1 aromatic rings. The molecule has 0 fully saturated rings. The Morgan fingerprint density at radius 3 is 2.63 bits per heavy atom. The first-order chi connectivity index (χ1) is 9.01. The number of carbonyl (C=O) groups is 2. The van der Waals surface area contributed by atoms with E-state index in [2.05, 4.69) is 5.32 Å². The van der Waals surface area contributed by atoms with Crippen LogP contribution in [-0.4, -0.2) is 30.5 Å². The van der Waals surface area contributed by atoms with E-state index in [9.17, 15) is 9.59 Å². The number of hydrogen-bond acceptors (Lipinski definition) is 5. The first kappa shape index (κ1) is 16.0. The van der Waals surface area contributed by atoms with E-state index in [0.29, 0.717) is 23.6 Å². The molecule has 1 N–H and O–H groups in total. The van der Waals surface area contributed by atoms with Gasteiger partial charge in [-0.25, -0.2) is 4.79 Å². The lowest BCUT2D eigenvalue weighted by Gasteiger charge is -2.06. The summed E-state index contributed by atoms with van der Waals surface area (Å²) in [6.07, 6.45) is 2.40. The molecule has 1 amide bonds. The van der Waals surface area contributed by atoms with Crippen LogP contribution in [0.2, 0.25) is 0 Å². The number of anilines is 1. The highest BCUT2D eigenvalue weighted by atomic mass is 32.2. The summed E-state index contributed by atoms with van der Waals surface area (Å²) < 4.78 is 5.04. The lowest BCUT2D eigenvalue weighted by Crippen LogP contribution is -2.15. The molecular formula is C13H19NO3S2. The van der Waals surface area contributed by atoms with Crippen molar-refractivity contribution in [2.24, 2.45) is 0 Å². The van der Waals surface area contributed by atoms with Crippen LogP contribution in [0, 0.1) is 13.8 Å². The van der Waals surface area contributed by atoms with Gasteiger partial charge in [-0.2, -0.15) is 11.8 Å². The fourth-order valence-electron chi connectivity index (χ4n) is 1.55. The predicted octanol–water partition coefficient (Wildman–Crippen LogP) is 3.23. The molecular weight excluding hydrogens is 282 g/mol. The molecule has 1 rings (SSSR count). The van der Waals surface area contributed by atoms with E-state index < -0.39 is 0 Å². The zero-order valence-electron chi connectivity index (χ0n) is 11.7. The number of hydrogen-bond donors (Lipinski definition) is 1. The van der Waals surface area contributed by atoms with E-state index >= 15 is 0 Å². The van der Waals surface area contributed by atoms with Crippen molar-refractivity contribution in [3.63, 3.8) is 0 Å². The van der Waals surface area contributed by atoms with Crippen molar-refractivity contribution in [2.45, 2.75) is 27.2 Å². The van der Waals surface area contributed by atoms with Crippen LogP contribution in [0.25, 0.3) is 0 Å². The van der Waals surface area contributed by atoms with Gasteiger partial charge in [0, 0.05) is 17.1 Å². The number of carbonyl (C=O) groups excluding carboxylic acids is 2. The fourth-order valence-corrected chi connectivity index (χ4v) is 3.00. The van der Waals surface area contributed by atoms with Crippen LogP contribution in [0.5, 0.6) is 0 Å². The van der Waals surface area contributed by atoms with Gasteiger partial charge in [0.15, 0.2) is 0 Å². The first-order valence-corrected chi connectivity index (χ1v) is 8.28. The monoisotopic (exact) mass is 301 g/mol. The highest BCUT2D eigenvalue weighted by molar-refractivity contribution is 7.98. The molecule has 0 aliphatic carbocycles. The van der Waals surface area contributed by atoms with Gasteiger partial charge in [0.05, 0.1) is 12.2 Å². The second kappa shape index (κ2) is 7.55. The van der Waals surface area contributed by atoms with Crippen molar-refractivity contribution >= 4 is 40.0 Å². The van der Waals surface area contributed by atoms with Crippen LogP contribution in [0.3, 0.4) is 0 Å². The Hall–Kier alpha value is -1.01. The van der Waals surface area contributed by atoms with E-state index in [1.165, 1.54) is 11.3 Å². The Morgan fingerprint density at radius 2 is 2.05 bits per heavy atom. The number of thiophene rings is 1. The molecule has 0 bridgehead atoms. The largest absolute Gasteiger partial charge is 0.462 e. The van der Waals surface area contributed by atoms with Gasteiger partial charge in [-0.1, -0.05) is 0 Å². The Kier molecular flexibility index (Phi) is 6.37. The first-order valence-electron chi connectivity index (χ1n) is 6.07. The van der Waals surface area contributed by atoms with Crippen LogP contribution in [0.15, 0.2) is 0 Å². The minimum Gasteiger partial charge on any atom is -0.462 e. The molecule has 0 spiro atoms. The molecule has 6 heteroatoms. The number of esters is 1. The van der Waals surface area contributed by atoms with Gasteiger partial charge < -0.3 is 10.1 Å². The summed E-state index contributed by atoms with van der Waals surface area (Å²) in [5.41, 5.74) is 1.37. The molecule has 0 saturated carbocycles. The summed E-state index contributed by atoms with van der Waals surface area (Å²) in [6, 6.07) is 0. The minimum atomic E-state index is -0.371. The molecule has 0 unspecified atom stereocenters. The van der Waals surface area contributed by atoms with Crippen molar-refractivity contribution in [3.8, 4) is 0 Å². The van der Waals surface area contributed by atoms with E-state index in [0.717, 1.165) is 16.2 Å². The van der Waals surface area contributed by atoms with Gasteiger partial charge in [-0.3, -0.25) is 4.79 Å². The van der Waals surface area contributed by atoms with Crippen molar-refractivity contribution in [3.05, 3.63) is 16.0 Å². The third kappa shape index (κ3) is 4.24. The number of rotatable bonds is 6.